The van der Waals surface area contributed by atoms with Crippen molar-refractivity contribution in [1.29, 1.82) is 5.41 Å². The van der Waals surface area contributed by atoms with Crippen LogP contribution in [0.25, 0.3) is 0 Å². The van der Waals surface area contributed by atoms with Gasteiger partial charge in [-0.05, 0) is 13.8 Å². The summed E-state index contributed by atoms with van der Waals surface area (Å²) in [6.45, 7) is 4.69. The fourth-order valence-electron chi connectivity index (χ4n) is 0.394. The second-order valence-corrected chi connectivity index (χ2v) is 1.52. The van der Waals surface area contributed by atoms with Gasteiger partial charge in [0.15, 0.2) is 6.61 Å². The summed E-state index contributed by atoms with van der Waals surface area (Å²) in [5, 5.41) is 7.04. The van der Waals surface area contributed by atoms with E-state index < -0.39 is 0 Å². The first-order valence-electron chi connectivity index (χ1n) is 3.25. The zero-order valence-electron chi connectivity index (χ0n) is 6.35. The van der Waals surface area contributed by atoms with E-state index >= 15 is 0 Å². The zero-order chi connectivity index (χ0) is 7.82. The number of ether oxygens (including phenoxy) is 1. The van der Waals surface area contributed by atoms with Crippen molar-refractivity contribution in [3.63, 3.8) is 0 Å². The zero-order valence-corrected chi connectivity index (χ0v) is 6.35. The Kier molecular flexibility index (Phi) is 6.11. The summed E-state index contributed by atoms with van der Waals surface area (Å²) in [5.41, 5.74) is 0. The predicted molar refractivity (Wildman–Crippen MR) is 36.9 cm³/mol. The standard InChI is InChI=1S/C6H13NO3/c1-3-8-6(7)5-10-9-4-2/h7H,3-5H2,1-2H3. The fraction of sp³-hybridized carbons (Fsp3) is 0.833. The van der Waals surface area contributed by atoms with Gasteiger partial charge in [0.25, 0.3) is 0 Å². The Morgan fingerprint density at radius 2 is 1.90 bits per heavy atom. The molecule has 0 fully saturated rings. The molecule has 0 saturated carbocycles. The molecule has 0 aromatic carbocycles. The van der Waals surface area contributed by atoms with Gasteiger partial charge in [-0.1, -0.05) is 0 Å². The third-order valence-electron chi connectivity index (χ3n) is 0.710. The molecule has 4 nitrogen and oxygen atoms in total. The Bertz CT molecular complexity index is 95.0. The first-order valence-corrected chi connectivity index (χ1v) is 3.25. The van der Waals surface area contributed by atoms with Crippen LogP contribution in [0, 0.1) is 5.41 Å². The van der Waals surface area contributed by atoms with Crippen molar-refractivity contribution in [3.8, 4) is 0 Å². The lowest BCUT2D eigenvalue weighted by Crippen LogP contribution is -2.11. The molecule has 0 amide bonds. The molecule has 0 aromatic heterocycles. The molecule has 0 rings (SSSR count). The van der Waals surface area contributed by atoms with E-state index in [1.54, 1.807) is 0 Å². The molecule has 1 N–H and O–H groups in total. The van der Waals surface area contributed by atoms with Crippen molar-refractivity contribution in [2.45, 2.75) is 13.8 Å². The van der Waals surface area contributed by atoms with Gasteiger partial charge < -0.3 is 4.74 Å². The van der Waals surface area contributed by atoms with Gasteiger partial charge >= 0.3 is 0 Å². The van der Waals surface area contributed by atoms with Crippen LogP contribution in [0.5, 0.6) is 0 Å². The summed E-state index contributed by atoms with van der Waals surface area (Å²) in [4.78, 5) is 9.08. The molecular formula is C6H13NO3. The Morgan fingerprint density at radius 3 is 2.40 bits per heavy atom. The van der Waals surface area contributed by atoms with Crippen molar-refractivity contribution in [2.24, 2.45) is 0 Å². The highest BCUT2D eigenvalue weighted by molar-refractivity contribution is 5.73. The largest absolute Gasteiger partial charge is 0.480 e. The second kappa shape index (κ2) is 6.51. The minimum atomic E-state index is 0.0850. The van der Waals surface area contributed by atoms with Crippen LogP contribution in [-0.4, -0.2) is 25.7 Å². The van der Waals surface area contributed by atoms with E-state index in [0.29, 0.717) is 13.2 Å². The summed E-state index contributed by atoms with van der Waals surface area (Å²) in [5.74, 6) is 0.0935. The van der Waals surface area contributed by atoms with Gasteiger partial charge in [0, 0.05) is 0 Å². The molecule has 0 radical (unpaired) electrons. The van der Waals surface area contributed by atoms with Gasteiger partial charge in [0.2, 0.25) is 5.90 Å². The maximum absolute atomic E-state index is 7.04. The average molecular weight is 147 g/mol. The van der Waals surface area contributed by atoms with Gasteiger partial charge in [-0.2, -0.15) is 0 Å². The molecule has 0 aliphatic carbocycles. The lowest BCUT2D eigenvalue weighted by Gasteiger charge is -2.03. The van der Waals surface area contributed by atoms with Gasteiger partial charge in [-0.25, -0.2) is 9.78 Å². The Morgan fingerprint density at radius 1 is 1.20 bits per heavy atom. The van der Waals surface area contributed by atoms with Crippen molar-refractivity contribution < 1.29 is 14.5 Å². The molecule has 0 aromatic rings. The van der Waals surface area contributed by atoms with E-state index in [2.05, 4.69) is 9.78 Å². The van der Waals surface area contributed by atoms with Crippen LogP contribution in [0.15, 0.2) is 0 Å². The molecule has 0 aliphatic heterocycles. The van der Waals surface area contributed by atoms with Crippen LogP contribution in [0.4, 0.5) is 0 Å². The van der Waals surface area contributed by atoms with Crippen molar-refractivity contribution in [3.05, 3.63) is 0 Å². The van der Waals surface area contributed by atoms with Crippen molar-refractivity contribution in [1.82, 2.24) is 0 Å². The van der Waals surface area contributed by atoms with Crippen LogP contribution in [0.3, 0.4) is 0 Å². The van der Waals surface area contributed by atoms with Gasteiger partial charge in [-0.3, -0.25) is 5.41 Å². The normalized spacial score (nSPS) is 9.40. The monoisotopic (exact) mass is 147 g/mol. The predicted octanol–water partition coefficient (Wildman–Crippen LogP) is 0.968. The first kappa shape index (κ1) is 9.39. The second-order valence-electron chi connectivity index (χ2n) is 1.52. The molecule has 0 bridgehead atoms. The minimum Gasteiger partial charge on any atom is -0.480 e. The molecule has 0 aliphatic rings. The molecule has 4 heteroatoms. The topological polar surface area (TPSA) is 51.5 Å². The van der Waals surface area contributed by atoms with E-state index in [-0.39, 0.29) is 12.5 Å². The van der Waals surface area contributed by atoms with Crippen LogP contribution in [0.2, 0.25) is 0 Å². The summed E-state index contributed by atoms with van der Waals surface area (Å²) in [7, 11) is 0. The highest BCUT2D eigenvalue weighted by atomic mass is 17.2. The lowest BCUT2D eigenvalue weighted by atomic mass is 10.7. The molecule has 0 heterocycles. The maximum Gasteiger partial charge on any atom is 0.210 e. The molecule has 0 saturated heterocycles. The van der Waals surface area contributed by atoms with E-state index in [0.717, 1.165) is 0 Å². The highest BCUT2D eigenvalue weighted by Crippen LogP contribution is 1.82. The smallest absolute Gasteiger partial charge is 0.210 e. The van der Waals surface area contributed by atoms with E-state index in [4.69, 9.17) is 10.1 Å². The van der Waals surface area contributed by atoms with Crippen molar-refractivity contribution >= 4 is 5.90 Å². The summed E-state index contributed by atoms with van der Waals surface area (Å²) in [6, 6.07) is 0. The van der Waals surface area contributed by atoms with E-state index in [1.807, 2.05) is 13.8 Å². The Hall–Kier alpha value is -0.610. The quantitative estimate of drug-likeness (QED) is 0.207. The lowest BCUT2D eigenvalue weighted by molar-refractivity contribution is -0.281. The number of nitrogens with one attached hydrogen (secondary N) is 1. The van der Waals surface area contributed by atoms with Gasteiger partial charge in [0.1, 0.15) is 0 Å². The number of hydrogen-bond donors (Lipinski definition) is 1. The molecule has 0 atom stereocenters. The van der Waals surface area contributed by atoms with Crippen LogP contribution >= 0.6 is 0 Å². The fourth-order valence-corrected chi connectivity index (χ4v) is 0.394. The average Bonchev–Trinajstić information content (AvgIpc) is 1.89. The van der Waals surface area contributed by atoms with Crippen molar-refractivity contribution in [2.75, 3.05) is 19.8 Å². The third-order valence-corrected chi connectivity index (χ3v) is 0.710. The Labute approximate surface area is 60.5 Å². The summed E-state index contributed by atoms with van der Waals surface area (Å²) < 4.78 is 4.77. The SMILES string of the molecule is CCOOCC(=N)OCC. The van der Waals surface area contributed by atoms with Gasteiger partial charge in [0.05, 0.1) is 13.2 Å². The number of rotatable bonds is 5. The summed E-state index contributed by atoms with van der Waals surface area (Å²) >= 11 is 0. The van der Waals surface area contributed by atoms with Crippen LogP contribution in [-0.2, 0) is 14.5 Å². The van der Waals surface area contributed by atoms with E-state index in [9.17, 15) is 0 Å². The highest BCUT2D eigenvalue weighted by Gasteiger charge is 1.94. The van der Waals surface area contributed by atoms with Crippen LogP contribution < -0.4 is 0 Å². The third kappa shape index (κ3) is 5.53. The van der Waals surface area contributed by atoms with E-state index in [1.165, 1.54) is 0 Å². The molecule has 60 valence electrons. The molecule has 0 unspecified atom stereocenters. The molecular weight excluding hydrogens is 134 g/mol. The Balaban J connectivity index is 3.05. The minimum absolute atomic E-state index is 0.0850. The number of hydrogen-bond acceptors (Lipinski definition) is 4. The maximum atomic E-state index is 7.04. The molecule has 10 heavy (non-hydrogen) atoms. The van der Waals surface area contributed by atoms with Gasteiger partial charge in [-0.15, -0.1) is 0 Å². The molecule has 0 spiro atoms. The van der Waals surface area contributed by atoms with Crippen LogP contribution in [0.1, 0.15) is 13.8 Å². The summed E-state index contributed by atoms with van der Waals surface area (Å²) in [6.07, 6.45) is 0. The first-order chi connectivity index (χ1) is 4.81.